The zero-order valence-corrected chi connectivity index (χ0v) is 17.7. The SMILES string of the molecule is CC(C)(CO)C(=O)Nc1ccc(CCNc2nc(N)n3nc(-c4ccco4)nc3n2)cc1. The summed E-state index contributed by atoms with van der Waals surface area (Å²) in [6.07, 6.45) is 2.24. The fourth-order valence-electron chi connectivity index (χ4n) is 2.84. The van der Waals surface area contributed by atoms with Gasteiger partial charge in [-0.15, -0.1) is 5.10 Å². The Bertz CT molecular complexity index is 1220. The summed E-state index contributed by atoms with van der Waals surface area (Å²) < 4.78 is 6.66. The lowest BCUT2D eigenvalue weighted by Gasteiger charge is -2.20. The van der Waals surface area contributed by atoms with E-state index in [2.05, 4.69) is 30.7 Å². The molecule has 0 spiro atoms. The molecule has 4 rings (SSSR count). The minimum Gasteiger partial charge on any atom is -0.461 e. The van der Waals surface area contributed by atoms with Crippen LogP contribution >= 0.6 is 0 Å². The summed E-state index contributed by atoms with van der Waals surface area (Å²) in [5.74, 6) is 1.49. The van der Waals surface area contributed by atoms with E-state index in [9.17, 15) is 9.90 Å². The summed E-state index contributed by atoms with van der Waals surface area (Å²) in [7, 11) is 0. The zero-order valence-electron chi connectivity index (χ0n) is 17.7. The lowest BCUT2D eigenvalue weighted by molar-refractivity contribution is -0.125. The van der Waals surface area contributed by atoms with E-state index in [-0.39, 0.29) is 18.5 Å². The number of nitrogen functional groups attached to an aromatic ring is 1. The molecular formula is C21H24N8O3. The van der Waals surface area contributed by atoms with Crippen molar-refractivity contribution in [3.63, 3.8) is 0 Å². The number of rotatable bonds is 8. The molecule has 166 valence electrons. The van der Waals surface area contributed by atoms with Crippen LogP contribution in [0.4, 0.5) is 17.6 Å². The molecule has 32 heavy (non-hydrogen) atoms. The largest absolute Gasteiger partial charge is 0.461 e. The van der Waals surface area contributed by atoms with Crippen LogP contribution in [0, 0.1) is 5.41 Å². The second kappa shape index (κ2) is 8.63. The van der Waals surface area contributed by atoms with E-state index >= 15 is 0 Å². The molecule has 1 amide bonds. The molecule has 4 aromatic rings. The van der Waals surface area contributed by atoms with Gasteiger partial charge in [-0.05, 0) is 50.1 Å². The van der Waals surface area contributed by atoms with Crippen molar-refractivity contribution in [3.8, 4) is 11.6 Å². The van der Waals surface area contributed by atoms with Crippen molar-refractivity contribution in [1.82, 2.24) is 24.6 Å². The highest BCUT2D eigenvalue weighted by Crippen LogP contribution is 2.19. The van der Waals surface area contributed by atoms with Gasteiger partial charge in [0.1, 0.15) is 0 Å². The first-order chi connectivity index (χ1) is 15.4. The Morgan fingerprint density at radius 3 is 2.66 bits per heavy atom. The average Bonchev–Trinajstić information content (AvgIpc) is 3.45. The van der Waals surface area contributed by atoms with Gasteiger partial charge < -0.3 is 25.9 Å². The molecule has 0 unspecified atom stereocenters. The van der Waals surface area contributed by atoms with Crippen LogP contribution in [0.5, 0.6) is 0 Å². The summed E-state index contributed by atoms with van der Waals surface area (Å²) in [6.45, 7) is 3.72. The third-order valence-corrected chi connectivity index (χ3v) is 4.89. The molecule has 0 saturated carbocycles. The van der Waals surface area contributed by atoms with E-state index in [1.165, 1.54) is 4.52 Å². The topological polar surface area (TPSA) is 156 Å². The number of furan rings is 1. The monoisotopic (exact) mass is 436 g/mol. The summed E-state index contributed by atoms with van der Waals surface area (Å²) >= 11 is 0. The number of nitrogens with two attached hydrogens (primary N) is 1. The predicted molar refractivity (Wildman–Crippen MR) is 119 cm³/mol. The van der Waals surface area contributed by atoms with Crippen LogP contribution in [0.2, 0.25) is 0 Å². The van der Waals surface area contributed by atoms with Crippen molar-refractivity contribution in [3.05, 3.63) is 48.2 Å². The third-order valence-electron chi connectivity index (χ3n) is 4.89. The minimum absolute atomic E-state index is 0.161. The lowest BCUT2D eigenvalue weighted by Crippen LogP contribution is -2.33. The maximum atomic E-state index is 12.1. The van der Waals surface area contributed by atoms with Crippen LogP contribution < -0.4 is 16.4 Å². The molecule has 3 heterocycles. The molecular weight excluding hydrogens is 412 g/mol. The van der Waals surface area contributed by atoms with Gasteiger partial charge in [-0.3, -0.25) is 4.79 Å². The number of aliphatic hydroxyl groups is 1. The molecule has 5 N–H and O–H groups in total. The van der Waals surface area contributed by atoms with Crippen LogP contribution in [-0.2, 0) is 11.2 Å². The number of carbonyl (C=O) groups is 1. The Kier molecular flexibility index (Phi) is 5.73. The summed E-state index contributed by atoms with van der Waals surface area (Å²) in [5.41, 5.74) is 6.89. The summed E-state index contributed by atoms with van der Waals surface area (Å²) in [6, 6.07) is 11.0. The van der Waals surface area contributed by atoms with Crippen molar-refractivity contribution in [2.45, 2.75) is 20.3 Å². The first-order valence-corrected chi connectivity index (χ1v) is 10.0. The van der Waals surface area contributed by atoms with Crippen LogP contribution in [0.3, 0.4) is 0 Å². The number of nitrogens with zero attached hydrogens (tertiary/aromatic N) is 5. The fraction of sp³-hybridized carbons (Fsp3) is 0.286. The second-order valence-electron chi connectivity index (χ2n) is 7.90. The van der Waals surface area contributed by atoms with Gasteiger partial charge >= 0.3 is 0 Å². The van der Waals surface area contributed by atoms with Gasteiger partial charge in [-0.1, -0.05) is 12.1 Å². The zero-order chi connectivity index (χ0) is 22.7. The number of nitrogens with one attached hydrogen (secondary N) is 2. The van der Waals surface area contributed by atoms with Gasteiger partial charge in [0.15, 0.2) is 5.76 Å². The van der Waals surface area contributed by atoms with E-state index < -0.39 is 5.41 Å². The molecule has 0 bridgehead atoms. The number of hydrogen-bond donors (Lipinski definition) is 4. The Labute approximate surface area is 183 Å². The van der Waals surface area contributed by atoms with Crippen LogP contribution in [0.15, 0.2) is 47.1 Å². The fourth-order valence-corrected chi connectivity index (χ4v) is 2.84. The van der Waals surface area contributed by atoms with E-state index in [4.69, 9.17) is 10.2 Å². The number of aromatic nitrogens is 5. The number of anilines is 3. The highest BCUT2D eigenvalue weighted by molar-refractivity contribution is 5.94. The number of fused-ring (bicyclic) bond motifs is 1. The van der Waals surface area contributed by atoms with Crippen molar-refractivity contribution < 1.29 is 14.3 Å². The Morgan fingerprint density at radius 2 is 1.97 bits per heavy atom. The number of amides is 1. The highest BCUT2D eigenvalue weighted by Gasteiger charge is 2.26. The average molecular weight is 436 g/mol. The lowest BCUT2D eigenvalue weighted by atomic mass is 9.93. The van der Waals surface area contributed by atoms with Crippen LogP contribution in [0.1, 0.15) is 19.4 Å². The third kappa shape index (κ3) is 4.52. The minimum atomic E-state index is -0.839. The first kappa shape index (κ1) is 21.2. The number of benzene rings is 1. The van der Waals surface area contributed by atoms with E-state index in [1.807, 2.05) is 24.3 Å². The summed E-state index contributed by atoms with van der Waals surface area (Å²) in [5, 5.41) is 19.5. The molecule has 0 aliphatic carbocycles. The van der Waals surface area contributed by atoms with Gasteiger partial charge in [-0.25, -0.2) is 0 Å². The molecule has 1 aromatic carbocycles. The molecule has 0 aliphatic rings. The maximum absolute atomic E-state index is 12.1. The summed E-state index contributed by atoms with van der Waals surface area (Å²) in [4.78, 5) is 25.1. The molecule has 0 atom stereocenters. The van der Waals surface area contributed by atoms with Gasteiger partial charge in [0.05, 0.1) is 18.3 Å². The molecule has 3 aromatic heterocycles. The van der Waals surface area contributed by atoms with E-state index in [1.54, 1.807) is 32.2 Å². The van der Waals surface area contributed by atoms with Gasteiger partial charge in [0.2, 0.25) is 23.6 Å². The predicted octanol–water partition coefficient (Wildman–Crippen LogP) is 1.97. The number of hydrogen-bond acceptors (Lipinski definition) is 9. The number of carbonyl (C=O) groups excluding carboxylic acids is 1. The van der Waals surface area contributed by atoms with Gasteiger partial charge in [0, 0.05) is 12.2 Å². The Hall–Kier alpha value is -3.99. The molecule has 0 fully saturated rings. The Morgan fingerprint density at radius 1 is 1.19 bits per heavy atom. The second-order valence-corrected chi connectivity index (χ2v) is 7.90. The maximum Gasteiger partial charge on any atom is 0.259 e. The van der Waals surface area contributed by atoms with E-state index in [0.29, 0.717) is 42.0 Å². The molecule has 0 radical (unpaired) electrons. The van der Waals surface area contributed by atoms with Crippen molar-refractivity contribution in [2.24, 2.45) is 5.41 Å². The molecule has 0 saturated heterocycles. The Balaban J connectivity index is 1.36. The highest BCUT2D eigenvalue weighted by atomic mass is 16.3. The van der Waals surface area contributed by atoms with Gasteiger partial charge in [0.25, 0.3) is 5.78 Å². The van der Waals surface area contributed by atoms with E-state index in [0.717, 1.165) is 5.56 Å². The van der Waals surface area contributed by atoms with Crippen LogP contribution in [-0.4, -0.2) is 48.7 Å². The van der Waals surface area contributed by atoms with Crippen molar-refractivity contribution in [2.75, 3.05) is 29.5 Å². The van der Waals surface area contributed by atoms with Crippen molar-refractivity contribution >= 4 is 29.3 Å². The van der Waals surface area contributed by atoms with Gasteiger partial charge in [-0.2, -0.15) is 19.5 Å². The standard InChI is InChI=1S/C21H24N8O3/c1-21(2,12-30)17(31)24-14-7-5-13(6-8-14)9-10-23-19-26-18(22)29-20(27-19)25-16(28-29)15-4-3-11-32-15/h3-8,11,30H,9-10,12H2,1-2H3,(H,24,31)(H3,22,23,25,26,27,28). The normalized spacial score (nSPS) is 11.6. The quantitative estimate of drug-likeness (QED) is 0.324. The first-order valence-electron chi connectivity index (χ1n) is 10.0. The number of aliphatic hydroxyl groups excluding tert-OH is 1. The molecule has 0 aliphatic heterocycles. The smallest absolute Gasteiger partial charge is 0.259 e. The molecule has 11 nitrogen and oxygen atoms in total. The molecule has 11 heteroatoms. The van der Waals surface area contributed by atoms with Crippen LogP contribution in [0.25, 0.3) is 17.4 Å². The van der Waals surface area contributed by atoms with Crippen molar-refractivity contribution in [1.29, 1.82) is 0 Å².